The molecular weight excluding hydrogens is 318 g/mol. The molecule has 9 heteroatoms. The Morgan fingerprint density at radius 3 is 2.05 bits per heavy atom. The smallest absolute Gasteiger partial charge is 0.261 e. The highest BCUT2D eigenvalue weighted by molar-refractivity contribution is 6.38. The van der Waals surface area contributed by atoms with Gasteiger partial charge < -0.3 is 5.32 Å². The third kappa shape index (κ3) is 2.83. The molecule has 1 aromatic carbocycles. The summed E-state index contributed by atoms with van der Waals surface area (Å²) in [6.45, 7) is 0. The molecule has 0 bridgehead atoms. The molecule has 2 aromatic rings. The molecule has 0 saturated carbocycles. The Labute approximate surface area is 120 Å². The fourth-order valence-corrected chi connectivity index (χ4v) is 1.79. The summed E-state index contributed by atoms with van der Waals surface area (Å²) >= 11 is 11.3. The number of aromatic nitrogens is 2. The first-order chi connectivity index (χ1) is 9.40. The van der Waals surface area contributed by atoms with Crippen molar-refractivity contribution in [3.05, 3.63) is 51.8 Å². The maximum absolute atomic E-state index is 13.4. The van der Waals surface area contributed by atoms with Crippen LogP contribution in [0.1, 0.15) is 10.4 Å². The van der Waals surface area contributed by atoms with Crippen LogP contribution in [0.3, 0.4) is 0 Å². The van der Waals surface area contributed by atoms with E-state index in [-0.39, 0.29) is 16.0 Å². The quantitative estimate of drug-likeness (QED) is 0.862. The SMILES string of the molecule is O=C(Nc1c(Cl)ncnc1Cl)c1c(F)cc(F)cc1F. The number of anilines is 1. The van der Waals surface area contributed by atoms with E-state index < -0.39 is 28.9 Å². The second kappa shape index (κ2) is 5.64. The average molecular weight is 322 g/mol. The minimum atomic E-state index is -1.36. The summed E-state index contributed by atoms with van der Waals surface area (Å²) in [7, 11) is 0. The zero-order valence-corrected chi connectivity index (χ0v) is 10.9. The van der Waals surface area contributed by atoms with Crippen molar-refractivity contribution in [2.45, 2.75) is 0 Å². The first kappa shape index (κ1) is 14.5. The van der Waals surface area contributed by atoms with Crippen LogP contribution >= 0.6 is 23.2 Å². The molecule has 1 N–H and O–H groups in total. The summed E-state index contributed by atoms with van der Waals surface area (Å²) in [5, 5.41) is 1.65. The molecule has 0 saturated heterocycles. The fourth-order valence-electron chi connectivity index (χ4n) is 1.38. The highest BCUT2D eigenvalue weighted by Gasteiger charge is 2.21. The van der Waals surface area contributed by atoms with E-state index in [1.165, 1.54) is 0 Å². The number of hydrogen-bond acceptors (Lipinski definition) is 3. The van der Waals surface area contributed by atoms with Crippen LogP contribution in [0.2, 0.25) is 10.3 Å². The number of benzene rings is 1. The first-order valence-electron chi connectivity index (χ1n) is 5.02. The molecule has 0 aliphatic rings. The molecule has 2 rings (SSSR count). The number of nitrogens with zero attached hydrogens (tertiary/aromatic N) is 2. The number of carbonyl (C=O) groups is 1. The lowest BCUT2D eigenvalue weighted by Crippen LogP contribution is -2.17. The van der Waals surface area contributed by atoms with Gasteiger partial charge in [0.25, 0.3) is 5.91 Å². The Morgan fingerprint density at radius 2 is 1.55 bits per heavy atom. The minimum absolute atomic E-state index is 0.205. The lowest BCUT2D eigenvalue weighted by atomic mass is 10.1. The van der Waals surface area contributed by atoms with Crippen molar-refractivity contribution in [1.29, 1.82) is 0 Å². The summed E-state index contributed by atoms with van der Waals surface area (Å²) in [5.74, 6) is -5.05. The summed E-state index contributed by atoms with van der Waals surface area (Å²) in [6, 6.07) is 0.755. The predicted molar refractivity (Wildman–Crippen MR) is 66.3 cm³/mol. The van der Waals surface area contributed by atoms with Crippen molar-refractivity contribution in [3.63, 3.8) is 0 Å². The molecule has 0 radical (unpaired) electrons. The molecule has 0 fully saturated rings. The molecule has 1 amide bonds. The van der Waals surface area contributed by atoms with Gasteiger partial charge in [-0.05, 0) is 0 Å². The monoisotopic (exact) mass is 321 g/mol. The van der Waals surface area contributed by atoms with Crippen LogP contribution in [0.4, 0.5) is 18.9 Å². The molecule has 1 aromatic heterocycles. The fraction of sp³-hybridized carbons (Fsp3) is 0. The van der Waals surface area contributed by atoms with Gasteiger partial charge in [-0.15, -0.1) is 0 Å². The van der Waals surface area contributed by atoms with Crippen molar-refractivity contribution in [3.8, 4) is 0 Å². The summed E-state index contributed by atoms with van der Waals surface area (Å²) < 4.78 is 39.6. The maximum Gasteiger partial charge on any atom is 0.261 e. The van der Waals surface area contributed by atoms with E-state index in [1.54, 1.807) is 0 Å². The van der Waals surface area contributed by atoms with Crippen LogP contribution in [-0.2, 0) is 0 Å². The van der Waals surface area contributed by atoms with Crippen LogP contribution in [0.5, 0.6) is 0 Å². The molecule has 0 unspecified atom stereocenters. The van der Waals surface area contributed by atoms with Crippen LogP contribution < -0.4 is 5.32 Å². The number of amides is 1. The zero-order chi connectivity index (χ0) is 14.9. The van der Waals surface area contributed by atoms with Gasteiger partial charge in [-0.2, -0.15) is 0 Å². The number of hydrogen-bond donors (Lipinski definition) is 1. The Hall–Kier alpha value is -1.86. The first-order valence-corrected chi connectivity index (χ1v) is 5.77. The van der Waals surface area contributed by atoms with Crippen molar-refractivity contribution in [2.75, 3.05) is 5.32 Å². The largest absolute Gasteiger partial charge is 0.317 e. The van der Waals surface area contributed by atoms with Gasteiger partial charge in [0.2, 0.25) is 0 Å². The normalized spacial score (nSPS) is 10.4. The standard InChI is InChI=1S/C11H4Cl2F3N3O/c12-9-8(10(13)18-3-17-9)19-11(20)7-5(15)1-4(14)2-6(7)16/h1-3H,(H,19,20). The summed E-state index contributed by atoms with van der Waals surface area (Å²) in [5.41, 5.74) is -1.17. The predicted octanol–water partition coefficient (Wildman–Crippen LogP) is 3.45. The molecule has 1 heterocycles. The van der Waals surface area contributed by atoms with Gasteiger partial charge in [0.1, 0.15) is 35.0 Å². The second-order valence-corrected chi connectivity index (χ2v) is 4.24. The molecule has 104 valence electrons. The maximum atomic E-state index is 13.4. The Bertz CT molecular complexity index is 653. The molecule has 0 aliphatic carbocycles. The van der Waals surface area contributed by atoms with E-state index in [2.05, 4.69) is 15.3 Å². The second-order valence-electron chi connectivity index (χ2n) is 3.53. The van der Waals surface area contributed by atoms with Crippen LogP contribution in [0.15, 0.2) is 18.5 Å². The van der Waals surface area contributed by atoms with Crippen molar-refractivity contribution in [2.24, 2.45) is 0 Å². The van der Waals surface area contributed by atoms with E-state index in [0.717, 1.165) is 6.33 Å². The van der Waals surface area contributed by atoms with E-state index in [0.29, 0.717) is 12.1 Å². The Morgan fingerprint density at radius 1 is 1.05 bits per heavy atom. The van der Waals surface area contributed by atoms with Crippen LogP contribution in [0, 0.1) is 17.5 Å². The Balaban J connectivity index is 2.39. The number of nitrogens with one attached hydrogen (secondary N) is 1. The van der Waals surface area contributed by atoms with Crippen LogP contribution in [0.25, 0.3) is 0 Å². The number of carbonyl (C=O) groups excluding carboxylic acids is 1. The Kier molecular flexibility index (Phi) is 4.10. The van der Waals surface area contributed by atoms with E-state index in [4.69, 9.17) is 23.2 Å². The molecule has 0 aliphatic heterocycles. The third-order valence-electron chi connectivity index (χ3n) is 2.23. The average Bonchev–Trinajstić information content (AvgIpc) is 2.32. The minimum Gasteiger partial charge on any atom is -0.317 e. The van der Waals surface area contributed by atoms with Gasteiger partial charge in [-0.25, -0.2) is 23.1 Å². The van der Waals surface area contributed by atoms with Gasteiger partial charge in [0.05, 0.1) is 0 Å². The van der Waals surface area contributed by atoms with Gasteiger partial charge in [-0.3, -0.25) is 4.79 Å². The third-order valence-corrected chi connectivity index (χ3v) is 2.80. The lowest BCUT2D eigenvalue weighted by Gasteiger charge is -2.09. The van der Waals surface area contributed by atoms with Crippen molar-refractivity contribution >= 4 is 34.8 Å². The molecule has 0 spiro atoms. The van der Waals surface area contributed by atoms with E-state index >= 15 is 0 Å². The van der Waals surface area contributed by atoms with Gasteiger partial charge in [0, 0.05) is 12.1 Å². The van der Waals surface area contributed by atoms with Crippen LogP contribution in [-0.4, -0.2) is 15.9 Å². The summed E-state index contributed by atoms with van der Waals surface area (Å²) in [6.07, 6.45) is 1.04. The lowest BCUT2D eigenvalue weighted by molar-refractivity contribution is 0.101. The number of rotatable bonds is 2. The van der Waals surface area contributed by atoms with Gasteiger partial charge >= 0.3 is 0 Å². The molecule has 0 atom stereocenters. The molecule has 4 nitrogen and oxygen atoms in total. The van der Waals surface area contributed by atoms with Crippen molar-refractivity contribution < 1.29 is 18.0 Å². The zero-order valence-electron chi connectivity index (χ0n) is 9.42. The van der Waals surface area contributed by atoms with E-state index in [9.17, 15) is 18.0 Å². The molecular formula is C11H4Cl2F3N3O. The molecule has 20 heavy (non-hydrogen) atoms. The van der Waals surface area contributed by atoms with Crippen molar-refractivity contribution in [1.82, 2.24) is 9.97 Å². The van der Waals surface area contributed by atoms with Gasteiger partial charge in [-0.1, -0.05) is 23.2 Å². The highest BCUT2D eigenvalue weighted by atomic mass is 35.5. The van der Waals surface area contributed by atoms with E-state index in [1.807, 2.05) is 0 Å². The highest BCUT2D eigenvalue weighted by Crippen LogP contribution is 2.27. The summed E-state index contributed by atoms with van der Waals surface area (Å²) in [4.78, 5) is 18.9. The van der Waals surface area contributed by atoms with Gasteiger partial charge in [0.15, 0.2) is 10.3 Å². The number of halogens is 5. The topological polar surface area (TPSA) is 54.9 Å².